The molecule has 0 aromatic carbocycles. The van der Waals surface area contributed by atoms with Gasteiger partial charge in [0.25, 0.3) is 0 Å². The Balaban J connectivity index is 1.87. The number of hydrogen-bond acceptors (Lipinski definition) is 4. The van der Waals surface area contributed by atoms with Crippen LogP contribution in [0.15, 0.2) is 18.3 Å². The van der Waals surface area contributed by atoms with Gasteiger partial charge in [0.2, 0.25) is 5.91 Å². The Kier molecular flexibility index (Phi) is 5.99. The van der Waals surface area contributed by atoms with Gasteiger partial charge in [-0.15, -0.1) is 0 Å². The Morgan fingerprint density at radius 2 is 1.90 bits per heavy atom. The van der Waals surface area contributed by atoms with E-state index in [1.54, 1.807) is 13.1 Å². The molecule has 1 fully saturated rings. The molecule has 0 aliphatic heterocycles. The summed E-state index contributed by atoms with van der Waals surface area (Å²) in [6.07, 6.45) is 10.9. The van der Waals surface area contributed by atoms with Gasteiger partial charge in [0.05, 0.1) is 17.9 Å². The molecule has 1 heterocycles. The van der Waals surface area contributed by atoms with E-state index in [-0.39, 0.29) is 5.91 Å². The average molecular weight is 290 g/mol. The molecule has 1 aromatic rings. The van der Waals surface area contributed by atoms with Gasteiger partial charge in [0.15, 0.2) is 0 Å². The number of nitrogens with two attached hydrogens (primary N) is 1. The third-order valence-electron chi connectivity index (χ3n) is 3.90. The van der Waals surface area contributed by atoms with Gasteiger partial charge < -0.3 is 16.4 Å². The summed E-state index contributed by atoms with van der Waals surface area (Å²) in [5.74, 6) is 0.323. The van der Waals surface area contributed by atoms with E-state index in [9.17, 15) is 4.79 Å². The zero-order valence-electron chi connectivity index (χ0n) is 12.8. The quantitative estimate of drug-likeness (QED) is 0.796. The third kappa shape index (κ3) is 5.34. The number of nitrogens with one attached hydrogen (secondary N) is 2. The van der Waals surface area contributed by atoms with E-state index >= 15 is 0 Å². The number of amides is 1. The molecule has 1 saturated carbocycles. The highest BCUT2D eigenvalue weighted by atomic mass is 16.2. The molecule has 4 N–H and O–H groups in total. The molecule has 2 rings (SSSR count). The minimum Gasteiger partial charge on any atom is -0.381 e. The van der Waals surface area contributed by atoms with Crippen LogP contribution in [0.1, 0.15) is 51.9 Å². The van der Waals surface area contributed by atoms with Gasteiger partial charge in [-0.05, 0) is 31.9 Å². The van der Waals surface area contributed by atoms with Crippen molar-refractivity contribution in [3.8, 4) is 0 Å². The second-order valence-corrected chi connectivity index (χ2v) is 5.90. The summed E-state index contributed by atoms with van der Waals surface area (Å²) < 4.78 is 0. The fourth-order valence-electron chi connectivity index (χ4n) is 2.63. The summed E-state index contributed by atoms with van der Waals surface area (Å²) >= 11 is 0. The summed E-state index contributed by atoms with van der Waals surface area (Å²) in [4.78, 5) is 15.8. The van der Waals surface area contributed by atoms with Crippen LogP contribution < -0.4 is 16.4 Å². The maximum atomic E-state index is 11.5. The van der Waals surface area contributed by atoms with E-state index in [2.05, 4.69) is 15.6 Å². The first-order chi connectivity index (χ1) is 10.1. The standard InChI is InChI=1S/C16H26N4O/c1-12(17)16(21)20-15-10-9-14(11-18-15)19-13-7-5-3-2-4-6-8-13/h9-13,19H,2-8,17H2,1H3,(H,18,20,21). The minimum atomic E-state index is -0.528. The number of hydrogen-bond donors (Lipinski definition) is 3. The van der Waals surface area contributed by atoms with Crippen molar-refractivity contribution >= 4 is 17.4 Å². The zero-order chi connectivity index (χ0) is 15.1. The molecule has 5 nitrogen and oxygen atoms in total. The number of aromatic nitrogens is 1. The van der Waals surface area contributed by atoms with Gasteiger partial charge in [-0.1, -0.05) is 32.1 Å². The molecule has 0 radical (unpaired) electrons. The first kappa shape index (κ1) is 15.8. The number of pyridine rings is 1. The molecule has 21 heavy (non-hydrogen) atoms. The predicted molar refractivity (Wildman–Crippen MR) is 86.2 cm³/mol. The van der Waals surface area contributed by atoms with Crippen LogP contribution in [0.3, 0.4) is 0 Å². The van der Waals surface area contributed by atoms with E-state index in [1.807, 2.05) is 12.1 Å². The van der Waals surface area contributed by atoms with Crippen LogP contribution in [0.2, 0.25) is 0 Å². The third-order valence-corrected chi connectivity index (χ3v) is 3.90. The molecule has 1 aromatic heterocycles. The van der Waals surface area contributed by atoms with Crippen molar-refractivity contribution in [1.82, 2.24) is 4.98 Å². The van der Waals surface area contributed by atoms with Crippen LogP contribution >= 0.6 is 0 Å². The Bertz CT molecular complexity index is 436. The van der Waals surface area contributed by atoms with E-state index < -0.39 is 6.04 Å². The molecule has 0 bridgehead atoms. The average Bonchev–Trinajstić information content (AvgIpc) is 2.43. The van der Waals surface area contributed by atoms with Crippen LogP contribution in [0.5, 0.6) is 0 Å². The lowest BCUT2D eigenvalue weighted by Crippen LogP contribution is -2.32. The molecule has 1 atom stereocenters. The van der Waals surface area contributed by atoms with Crippen LogP contribution in [0, 0.1) is 0 Å². The van der Waals surface area contributed by atoms with E-state index in [0.717, 1.165) is 5.69 Å². The maximum absolute atomic E-state index is 11.5. The maximum Gasteiger partial charge on any atom is 0.242 e. The van der Waals surface area contributed by atoms with Gasteiger partial charge >= 0.3 is 0 Å². The van der Waals surface area contributed by atoms with Gasteiger partial charge in [0, 0.05) is 6.04 Å². The number of anilines is 2. The molecule has 1 aliphatic carbocycles. The first-order valence-corrected chi connectivity index (χ1v) is 7.94. The lowest BCUT2D eigenvalue weighted by molar-refractivity contribution is -0.117. The van der Waals surface area contributed by atoms with Crippen molar-refractivity contribution in [1.29, 1.82) is 0 Å². The normalized spacial score (nSPS) is 18.4. The molecule has 1 amide bonds. The summed E-state index contributed by atoms with van der Waals surface area (Å²) in [6, 6.07) is 3.78. The summed E-state index contributed by atoms with van der Waals surface area (Å²) in [5.41, 5.74) is 6.53. The van der Waals surface area contributed by atoms with Gasteiger partial charge in [-0.3, -0.25) is 4.79 Å². The van der Waals surface area contributed by atoms with Crippen molar-refractivity contribution < 1.29 is 4.79 Å². The van der Waals surface area contributed by atoms with Crippen molar-refractivity contribution in [2.75, 3.05) is 10.6 Å². The van der Waals surface area contributed by atoms with E-state index in [0.29, 0.717) is 11.9 Å². The van der Waals surface area contributed by atoms with Crippen LogP contribution in [-0.2, 0) is 4.79 Å². The highest BCUT2D eigenvalue weighted by molar-refractivity contribution is 5.93. The SMILES string of the molecule is CC(N)C(=O)Nc1ccc(NC2CCCCCCC2)cn1. The number of carbonyl (C=O) groups is 1. The Morgan fingerprint density at radius 3 is 2.48 bits per heavy atom. The van der Waals surface area contributed by atoms with Crippen LogP contribution in [-0.4, -0.2) is 23.0 Å². The number of carbonyl (C=O) groups excluding carboxylic acids is 1. The summed E-state index contributed by atoms with van der Waals surface area (Å²) in [5, 5.41) is 6.24. The lowest BCUT2D eigenvalue weighted by atomic mass is 9.96. The first-order valence-electron chi connectivity index (χ1n) is 7.94. The highest BCUT2D eigenvalue weighted by Gasteiger charge is 2.12. The molecular formula is C16H26N4O. The van der Waals surface area contributed by atoms with E-state index in [1.165, 1.54) is 44.9 Å². The van der Waals surface area contributed by atoms with Crippen LogP contribution in [0.4, 0.5) is 11.5 Å². The lowest BCUT2D eigenvalue weighted by Gasteiger charge is -2.22. The van der Waals surface area contributed by atoms with Crippen molar-refractivity contribution in [2.24, 2.45) is 5.73 Å². The molecule has 116 valence electrons. The molecular weight excluding hydrogens is 264 g/mol. The summed E-state index contributed by atoms with van der Waals surface area (Å²) in [6.45, 7) is 1.65. The van der Waals surface area contributed by atoms with Crippen molar-refractivity contribution in [2.45, 2.75) is 64.0 Å². The Hall–Kier alpha value is -1.62. The van der Waals surface area contributed by atoms with Gasteiger partial charge in [-0.2, -0.15) is 0 Å². The topological polar surface area (TPSA) is 80.0 Å². The van der Waals surface area contributed by atoms with Crippen LogP contribution in [0.25, 0.3) is 0 Å². The second kappa shape index (κ2) is 7.98. The van der Waals surface area contributed by atoms with E-state index in [4.69, 9.17) is 5.73 Å². The second-order valence-electron chi connectivity index (χ2n) is 5.90. The number of rotatable bonds is 4. The molecule has 0 spiro atoms. The van der Waals surface area contributed by atoms with Crippen molar-refractivity contribution in [3.63, 3.8) is 0 Å². The van der Waals surface area contributed by atoms with Gasteiger partial charge in [-0.25, -0.2) is 4.98 Å². The Labute approximate surface area is 126 Å². The van der Waals surface area contributed by atoms with Crippen molar-refractivity contribution in [3.05, 3.63) is 18.3 Å². The molecule has 0 saturated heterocycles. The minimum absolute atomic E-state index is 0.219. The zero-order valence-corrected chi connectivity index (χ0v) is 12.8. The fourth-order valence-corrected chi connectivity index (χ4v) is 2.63. The smallest absolute Gasteiger partial charge is 0.242 e. The highest BCUT2D eigenvalue weighted by Crippen LogP contribution is 2.21. The fraction of sp³-hybridized carbons (Fsp3) is 0.625. The number of nitrogens with zero attached hydrogens (tertiary/aromatic N) is 1. The molecule has 1 aliphatic rings. The van der Waals surface area contributed by atoms with Gasteiger partial charge in [0.1, 0.15) is 5.82 Å². The molecule has 1 unspecified atom stereocenters. The monoisotopic (exact) mass is 290 g/mol. The largest absolute Gasteiger partial charge is 0.381 e. The Morgan fingerprint density at radius 1 is 1.24 bits per heavy atom. The molecule has 5 heteroatoms. The summed E-state index contributed by atoms with van der Waals surface area (Å²) in [7, 11) is 0. The predicted octanol–water partition coefficient (Wildman–Crippen LogP) is 2.89.